The van der Waals surface area contributed by atoms with Gasteiger partial charge in [0.1, 0.15) is 5.78 Å². The average molecular weight is 543 g/mol. The van der Waals surface area contributed by atoms with E-state index in [0.717, 1.165) is 25.7 Å². The molecule has 2 aliphatic carbocycles. The Balaban J connectivity index is 2.72. The molecule has 206 valence electrons. The largest absolute Gasteiger partial charge is 0.413 e. The molecule has 0 spiro atoms. The van der Waals surface area contributed by atoms with Crippen LogP contribution in [0.3, 0.4) is 0 Å². The van der Waals surface area contributed by atoms with Gasteiger partial charge in [-0.1, -0.05) is 55.4 Å². The number of carbonyl (C=O) groups excluding carboxylic acids is 1. The number of ketones is 1. The predicted molar refractivity (Wildman–Crippen MR) is 157 cm³/mol. The molecule has 2 aliphatic rings. The molecule has 35 heavy (non-hydrogen) atoms. The molecular weight excluding hydrogens is 485 g/mol. The van der Waals surface area contributed by atoms with E-state index in [4.69, 9.17) is 13.3 Å². The summed E-state index contributed by atoms with van der Waals surface area (Å²) < 4.78 is 21.9. The Morgan fingerprint density at radius 1 is 0.800 bits per heavy atom. The topological polar surface area (TPSA) is 44.8 Å². The minimum atomic E-state index is -2.06. The third-order valence-electron chi connectivity index (χ3n) is 9.91. The number of Topliss-reactive ketones (excluding diaryl/α,β-unsaturated/α-hetero) is 1. The molecule has 0 radical (unpaired) electrons. The minimum absolute atomic E-state index is 0.00673. The molecule has 0 amide bonds. The van der Waals surface area contributed by atoms with E-state index in [9.17, 15) is 4.79 Å². The summed E-state index contributed by atoms with van der Waals surface area (Å²) in [5.74, 6) is 0.349. The Kier molecular flexibility index (Phi) is 8.75. The zero-order valence-corrected chi connectivity index (χ0v) is 28.9. The lowest BCUT2D eigenvalue weighted by atomic mass is 9.58. The van der Waals surface area contributed by atoms with E-state index in [2.05, 4.69) is 101 Å². The Hall–Kier alpha value is 0.201. The molecule has 0 N–H and O–H groups in total. The zero-order chi connectivity index (χ0) is 27.5. The van der Waals surface area contributed by atoms with Crippen molar-refractivity contribution >= 4 is 30.7 Å². The van der Waals surface area contributed by atoms with E-state index in [0.29, 0.717) is 12.2 Å². The summed E-state index contributed by atoms with van der Waals surface area (Å²) in [6.45, 7) is 34.7. The first-order chi connectivity index (χ1) is 15.4. The van der Waals surface area contributed by atoms with Crippen molar-refractivity contribution in [2.24, 2.45) is 11.3 Å². The van der Waals surface area contributed by atoms with Gasteiger partial charge >= 0.3 is 0 Å². The smallest absolute Gasteiger partial charge is 0.192 e. The minimum Gasteiger partial charge on any atom is -0.413 e. The van der Waals surface area contributed by atoms with Crippen LogP contribution >= 0.6 is 0 Å². The van der Waals surface area contributed by atoms with Crippen molar-refractivity contribution in [3.8, 4) is 0 Å². The maximum atomic E-state index is 13.2. The molecule has 0 aromatic heterocycles. The fourth-order valence-corrected chi connectivity index (χ4v) is 9.96. The van der Waals surface area contributed by atoms with Crippen LogP contribution in [0.15, 0.2) is 0 Å². The standard InChI is InChI=1S/C28H58O4Si3/c1-21-20-28(32-33(9,10)11)24(31-35(14,15)26(5,6)7)17-16-23(27(28,8)19-18-22(21)29)30-34(12,13)25(2,3)4/h21,23-24H,16-20H2,1-15H3/t21?,23-,24+,27-,28+/m1/s1. The number of rotatable bonds is 6. The highest BCUT2D eigenvalue weighted by Gasteiger charge is 2.65. The van der Waals surface area contributed by atoms with Crippen LogP contribution in [0.4, 0.5) is 0 Å². The van der Waals surface area contributed by atoms with Gasteiger partial charge in [0.05, 0.1) is 17.8 Å². The molecule has 0 bridgehead atoms. The van der Waals surface area contributed by atoms with Crippen molar-refractivity contribution in [2.45, 2.75) is 161 Å². The van der Waals surface area contributed by atoms with E-state index in [1.165, 1.54) is 0 Å². The number of hydrogen-bond donors (Lipinski definition) is 0. The van der Waals surface area contributed by atoms with Crippen molar-refractivity contribution in [3.63, 3.8) is 0 Å². The van der Waals surface area contributed by atoms with Gasteiger partial charge < -0.3 is 13.3 Å². The highest BCUT2D eigenvalue weighted by Crippen LogP contribution is 2.59. The maximum absolute atomic E-state index is 13.2. The highest BCUT2D eigenvalue weighted by atomic mass is 28.4. The second-order valence-electron chi connectivity index (χ2n) is 15.9. The van der Waals surface area contributed by atoms with Crippen LogP contribution in [0.5, 0.6) is 0 Å². The normalized spacial score (nSPS) is 33.9. The molecule has 0 saturated heterocycles. The van der Waals surface area contributed by atoms with E-state index in [1.54, 1.807) is 0 Å². The predicted octanol–water partition coefficient (Wildman–Crippen LogP) is 8.55. The average Bonchev–Trinajstić information content (AvgIpc) is 2.71. The number of carbonyl (C=O) groups is 1. The van der Waals surface area contributed by atoms with Gasteiger partial charge in [-0.2, -0.15) is 0 Å². The fraction of sp³-hybridized carbons (Fsp3) is 0.964. The van der Waals surface area contributed by atoms with Crippen molar-refractivity contribution < 1.29 is 18.1 Å². The maximum Gasteiger partial charge on any atom is 0.192 e. The lowest BCUT2D eigenvalue weighted by Crippen LogP contribution is -2.70. The molecular formula is C28H58O4Si3. The van der Waals surface area contributed by atoms with Gasteiger partial charge in [-0.25, -0.2) is 0 Å². The molecule has 5 atom stereocenters. The summed E-state index contributed by atoms with van der Waals surface area (Å²) in [7, 11) is -6.07. The summed E-state index contributed by atoms with van der Waals surface area (Å²) in [6.07, 6.45) is 4.15. The molecule has 7 heteroatoms. The molecule has 4 nitrogen and oxygen atoms in total. The molecule has 0 aromatic rings. The summed E-state index contributed by atoms with van der Waals surface area (Å²) in [5, 5.41) is 0.248. The number of hydrogen-bond acceptors (Lipinski definition) is 4. The fourth-order valence-electron chi connectivity index (χ4n) is 5.61. The SMILES string of the molecule is CC1C[C@]2(O[Si](C)(C)C)[C@@H](O[Si](C)(C)C(C)(C)C)CC[C@@H](O[Si](C)(C)C(C)(C)C)[C@@]2(C)CCC1=O. The second kappa shape index (κ2) is 9.74. The van der Waals surface area contributed by atoms with Crippen molar-refractivity contribution in [3.05, 3.63) is 0 Å². The molecule has 2 rings (SSSR count). The van der Waals surface area contributed by atoms with E-state index in [-0.39, 0.29) is 33.6 Å². The first kappa shape index (κ1) is 31.4. The van der Waals surface area contributed by atoms with E-state index >= 15 is 0 Å². The lowest BCUT2D eigenvalue weighted by Gasteiger charge is -2.63. The summed E-state index contributed by atoms with van der Waals surface area (Å²) in [4.78, 5) is 13.2. The molecule has 0 aromatic carbocycles. The van der Waals surface area contributed by atoms with Gasteiger partial charge in [-0.15, -0.1) is 0 Å². The van der Waals surface area contributed by atoms with Crippen molar-refractivity contribution in [1.29, 1.82) is 0 Å². The van der Waals surface area contributed by atoms with Gasteiger partial charge in [0.15, 0.2) is 25.0 Å². The van der Waals surface area contributed by atoms with E-state index in [1.807, 2.05) is 0 Å². The lowest BCUT2D eigenvalue weighted by molar-refractivity contribution is -0.205. The Morgan fingerprint density at radius 3 is 1.66 bits per heavy atom. The van der Waals surface area contributed by atoms with Gasteiger partial charge in [0, 0.05) is 17.8 Å². The van der Waals surface area contributed by atoms with Crippen LogP contribution in [0.2, 0.25) is 55.9 Å². The highest BCUT2D eigenvalue weighted by molar-refractivity contribution is 6.74. The summed E-state index contributed by atoms with van der Waals surface area (Å²) in [5.41, 5.74) is -0.779. The first-order valence-electron chi connectivity index (χ1n) is 14.0. The van der Waals surface area contributed by atoms with Crippen molar-refractivity contribution in [2.75, 3.05) is 0 Å². The van der Waals surface area contributed by atoms with Crippen LogP contribution < -0.4 is 0 Å². The van der Waals surface area contributed by atoms with E-state index < -0.39 is 30.6 Å². The second-order valence-corrected chi connectivity index (χ2v) is 29.8. The zero-order valence-electron chi connectivity index (χ0n) is 25.9. The van der Waals surface area contributed by atoms with Crippen LogP contribution in [-0.2, 0) is 18.1 Å². The van der Waals surface area contributed by atoms with Gasteiger partial charge in [-0.3, -0.25) is 4.79 Å². The summed E-state index contributed by atoms with van der Waals surface area (Å²) >= 11 is 0. The van der Waals surface area contributed by atoms with Crippen LogP contribution in [0, 0.1) is 11.3 Å². The molecule has 0 aliphatic heterocycles. The van der Waals surface area contributed by atoms with Crippen LogP contribution in [-0.4, -0.2) is 48.5 Å². The Morgan fingerprint density at radius 2 is 1.23 bits per heavy atom. The first-order valence-corrected chi connectivity index (χ1v) is 23.2. The summed E-state index contributed by atoms with van der Waals surface area (Å²) in [6, 6.07) is 0. The van der Waals surface area contributed by atoms with Crippen molar-refractivity contribution in [1.82, 2.24) is 0 Å². The third kappa shape index (κ3) is 6.27. The quantitative estimate of drug-likeness (QED) is 0.315. The number of fused-ring (bicyclic) bond motifs is 1. The van der Waals surface area contributed by atoms with Gasteiger partial charge in [0.2, 0.25) is 0 Å². The third-order valence-corrected chi connectivity index (χ3v) is 19.9. The van der Waals surface area contributed by atoms with Gasteiger partial charge in [-0.05, 0) is 81.6 Å². The Bertz CT molecular complexity index is 775. The van der Waals surface area contributed by atoms with Gasteiger partial charge in [0.25, 0.3) is 0 Å². The van der Waals surface area contributed by atoms with Crippen LogP contribution in [0.25, 0.3) is 0 Å². The molecule has 2 fully saturated rings. The monoisotopic (exact) mass is 542 g/mol. The Labute approximate surface area is 221 Å². The van der Waals surface area contributed by atoms with Crippen LogP contribution in [0.1, 0.15) is 87.5 Å². The molecule has 2 saturated carbocycles. The molecule has 1 unspecified atom stereocenters. The molecule has 0 heterocycles.